The van der Waals surface area contributed by atoms with Crippen LogP contribution in [-0.4, -0.2) is 36.6 Å². The molecule has 0 atom stereocenters. The van der Waals surface area contributed by atoms with Crippen molar-refractivity contribution >= 4 is 16.6 Å². The van der Waals surface area contributed by atoms with E-state index < -0.39 is 11.6 Å². The smallest absolute Gasteiger partial charge is 0.152 e. The lowest BCUT2D eigenvalue weighted by molar-refractivity contribution is 0.255. The summed E-state index contributed by atoms with van der Waals surface area (Å²) in [4.78, 5) is 6.27. The maximum atomic E-state index is 13.8. The van der Waals surface area contributed by atoms with Crippen molar-refractivity contribution in [2.45, 2.75) is 31.7 Å². The molecule has 1 aromatic heterocycles. The third-order valence-electron chi connectivity index (χ3n) is 4.59. The summed E-state index contributed by atoms with van der Waals surface area (Å²) < 4.78 is 27.4. The molecular formula is C18H23F2N3. The Morgan fingerprint density at radius 2 is 1.91 bits per heavy atom. The molecule has 0 saturated heterocycles. The van der Waals surface area contributed by atoms with Crippen molar-refractivity contribution in [3.63, 3.8) is 0 Å². The van der Waals surface area contributed by atoms with E-state index in [0.29, 0.717) is 11.4 Å². The zero-order chi connectivity index (χ0) is 16.4. The molecule has 0 spiro atoms. The van der Waals surface area contributed by atoms with E-state index >= 15 is 0 Å². The predicted octanol–water partition coefficient (Wildman–Crippen LogP) is 4.05. The number of anilines is 1. The van der Waals surface area contributed by atoms with Crippen molar-refractivity contribution in [2.24, 2.45) is 5.92 Å². The SMILES string of the molecule is CN(C)CC1CCC(Nc2ccnc3c(F)cc(F)cc23)CC1. The minimum absolute atomic E-state index is 0.220. The van der Waals surface area contributed by atoms with Crippen molar-refractivity contribution in [1.82, 2.24) is 9.88 Å². The fourth-order valence-electron chi connectivity index (χ4n) is 3.53. The van der Waals surface area contributed by atoms with Gasteiger partial charge in [-0.1, -0.05) is 0 Å². The number of nitrogens with zero attached hydrogens (tertiary/aromatic N) is 2. The first-order valence-electron chi connectivity index (χ1n) is 8.18. The van der Waals surface area contributed by atoms with Crippen LogP contribution in [0.15, 0.2) is 24.4 Å². The molecular weight excluding hydrogens is 296 g/mol. The molecule has 2 aromatic rings. The topological polar surface area (TPSA) is 28.2 Å². The van der Waals surface area contributed by atoms with Gasteiger partial charge in [0.05, 0.1) is 0 Å². The zero-order valence-corrected chi connectivity index (χ0v) is 13.6. The highest BCUT2D eigenvalue weighted by molar-refractivity contribution is 5.91. The normalized spacial score (nSPS) is 21.8. The third kappa shape index (κ3) is 3.78. The Morgan fingerprint density at radius 1 is 1.17 bits per heavy atom. The molecule has 0 aliphatic heterocycles. The third-order valence-corrected chi connectivity index (χ3v) is 4.59. The second kappa shape index (κ2) is 6.79. The van der Waals surface area contributed by atoms with Gasteiger partial charge >= 0.3 is 0 Å². The Hall–Kier alpha value is -1.75. The average Bonchev–Trinajstić information content (AvgIpc) is 2.49. The number of rotatable bonds is 4. The summed E-state index contributed by atoms with van der Waals surface area (Å²) in [6.07, 6.45) is 6.10. The number of benzene rings is 1. The van der Waals surface area contributed by atoms with Crippen LogP contribution in [0.5, 0.6) is 0 Å². The van der Waals surface area contributed by atoms with E-state index in [0.717, 1.165) is 37.1 Å². The largest absolute Gasteiger partial charge is 0.382 e. The lowest BCUT2D eigenvalue weighted by Crippen LogP contribution is -2.30. The lowest BCUT2D eigenvalue weighted by atomic mass is 9.85. The highest BCUT2D eigenvalue weighted by Gasteiger charge is 2.22. The van der Waals surface area contributed by atoms with Crippen LogP contribution in [0.25, 0.3) is 10.9 Å². The van der Waals surface area contributed by atoms with Gasteiger partial charge in [-0.05, 0) is 57.8 Å². The Kier molecular flexibility index (Phi) is 4.76. The molecule has 1 saturated carbocycles. The molecule has 23 heavy (non-hydrogen) atoms. The van der Waals surface area contributed by atoms with E-state index in [9.17, 15) is 8.78 Å². The first kappa shape index (κ1) is 16.1. The quantitative estimate of drug-likeness (QED) is 0.921. The molecule has 1 aliphatic carbocycles. The predicted molar refractivity (Wildman–Crippen MR) is 89.6 cm³/mol. The zero-order valence-electron chi connectivity index (χ0n) is 13.6. The van der Waals surface area contributed by atoms with Gasteiger partial charge in [-0.2, -0.15) is 0 Å². The number of hydrogen-bond acceptors (Lipinski definition) is 3. The molecule has 1 heterocycles. The molecule has 3 rings (SSSR count). The van der Waals surface area contributed by atoms with Crippen molar-refractivity contribution < 1.29 is 8.78 Å². The summed E-state index contributed by atoms with van der Waals surface area (Å²) in [6, 6.07) is 4.38. The highest BCUT2D eigenvalue weighted by atomic mass is 19.1. The van der Waals surface area contributed by atoms with Crippen LogP contribution in [0.4, 0.5) is 14.5 Å². The number of fused-ring (bicyclic) bond motifs is 1. The molecule has 124 valence electrons. The van der Waals surface area contributed by atoms with E-state index in [1.54, 1.807) is 12.3 Å². The fraction of sp³-hybridized carbons (Fsp3) is 0.500. The van der Waals surface area contributed by atoms with Crippen molar-refractivity contribution in [3.05, 3.63) is 36.0 Å². The minimum Gasteiger partial charge on any atom is -0.382 e. The summed E-state index contributed by atoms with van der Waals surface area (Å²) in [6.45, 7) is 1.13. The van der Waals surface area contributed by atoms with Gasteiger partial charge < -0.3 is 10.2 Å². The number of nitrogens with one attached hydrogen (secondary N) is 1. The van der Waals surface area contributed by atoms with Gasteiger partial charge in [0.2, 0.25) is 0 Å². The Balaban J connectivity index is 1.73. The maximum absolute atomic E-state index is 13.8. The van der Waals surface area contributed by atoms with Gasteiger partial charge in [0, 0.05) is 35.9 Å². The Morgan fingerprint density at radius 3 is 2.61 bits per heavy atom. The average molecular weight is 319 g/mol. The number of pyridine rings is 1. The molecule has 1 N–H and O–H groups in total. The van der Waals surface area contributed by atoms with Crippen LogP contribution in [0.3, 0.4) is 0 Å². The van der Waals surface area contributed by atoms with Gasteiger partial charge in [0.1, 0.15) is 11.3 Å². The van der Waals surface area contributed by atoms with Gasteiger partial charge in [-0.3, -0.25) is 4.98 Å². The molecule has 1 aliphatic rings. The van der Waals surface area contributed by atoms with Crippen LogP contribution in [0, 0.1) is 17.6 Å². The van der Waals surface area contributed by atoms with E-state index in [1.165, 1.54) is 18.9 Å². The van der Waals surface area contributed by atoms with Crippen LogP contribution < -0.4 is 5.32 Å². The molecule has 0 unspecified atom stereocenters. The Labute approximate surface area is 135 Å². The summed E-state index contributed by atoms with van der Waals surface area (Å²) >= 11 is 0. The van der Waals surface area contributed by atoms with Gasteiger partial charge in [0.15, 0.2) is 5.82 Å². The summed E-state index contributed by atoms with van der Waals surface area (Å²) in [5.74, 6) is -0.439. The molecule has 0 bridgehead atoms. The van der Waals surface area contributed by atoms with Gasteiger partial charge in [-0.25, -0.2) is 8.78 Å². The molecule has 5 heteroatoms. The molecule has 0 amide bonds. The maximum Gasteiger partial charge on any atom is 0.152 e. The molecule has 0 radical (unpaired) electrons. The molecule has 1 aromatic carbocycles. The minimum atomic E-state index is -0.613. The Bertz CT molecular complexity index is 679. The number of aromatic nitrogens is 1. The summed E-state index contributed by atoms with van der Waals surface area (Å²) in [5, 5.41) is 3.98. The van der Waals surface area contributed by atoms with E-state index in [-0.39, 0.29) is 5.52 Å². The molecule has 3 nitrogen and oxygen atoms in total. The van der Waals surface area contributed by atoms with Gasteiger partial charge in [-0.15, -0.1) is 0 Å². The van der Waals surface area contributed by atoms with E-state index in [1.807, 2.05) is 0 Å². The number of halogens is 2. The van der Waals surface area contributed by atoms with Crippen molar-refractivity contribution in [2.75, 3.05) is 26.0 Å². The van der Waals surface area contributed by atoms with Crippen LogP contribution in [0.2, 0.25) is 0 Å². The van der Waals surface area contributed by atoms with Crippen LogP contribution in [0.1, 0.15) is 25.7 Å². The first-order chi connectivity index (χ1) is 11.0. The van der Waals surface area contributed by atoms with Crippen LogP contribution >= 0.6 is 0 Å². The fourth-order valence-corrected chi connectivity index (χ4v) is 3.53. The monoisotopic (exact) mass is 319 g/mol. The van der Waals surface area contributed by atoms with Gasteiger partial charge in [0.25, 0.3) is 0 Å². The second-order valence-corrected chi connectivity index (χ2v) is 6.77. The van der Waals surface area contributed by atoms with E-state index in [2.05, 4.69) is 29.3 Å². The summed E-state index contributed by atoms with van der Waals surface area (Å²) in [5.41, 5.74) is 0.988. The van der Waals surface area contributed by atoms with Crippen molar-refractivity contribution in [3.8, 4) is 0 Å². The van der Waals surface area contributed by atoms with Crippen LogP contribution in [-0.2, 0) is 0 Å². The van der Waals surface area contributed by atoms with Crippen molar-refractivity contribution in [1.29, 1.82) is 0 Å². The molecule has 1 fully saturated rings. The van der Waals surface area contributed by atoms with E-state index in [4.69, 9.17) is 0 Å². The highest BCUT2D eigenvalue weighted by Crippen LogP contribution is 2.30. The standard InChI is InChI=1S/C18H23F2N3/c1-23(2)11-12-3-5-14(6-4-12)22-17-7-8-21-18-15(17)9-13(19)10-16(18)20/h7-10,12,14H,3-6,11H2,1-2H3,(H,21,22). The first-order valence-corrected chi connectivity index (χ1v) is 8.18. The lowest BCUT2D eigenvalue weighted by Gasteiger charge is -2.31. The number of hydrogen-bond donors (Lipinski definition) is 1. The second-order valence-electron chi connectivity index (χ2n) is 6.77. The summed E-state index contributed by atoms with van der Waals surface area (Å²) in [7, 11) is 4.22.